The van der Waals surface area contributed by atoms with Crippen LogP contribution in [0.5, 0.6) is 35.3 Å². The Hall–Kier alpha value is -15.4. The molecule has 144 heavy (non-hydrogen) atoms. The van der Waals surface area contributed by atoms with Gasteiger partial charge in [0.25, 0.3) is 23.6 Å². The molecule has 7 N–H and O–H groups in total. The van der Waals surface area contributed by atoms with Crippen LogP contribution in [0.2, 0.25) is 0 Å². The van der Waals surface area contributed by atoms with Crippen molar-refractivity contribution in [3.63, 3.8) is 0 Å². The Morgan fingerprint density at radius 3 is 0.965 bits per heavy atom. The van der Waals surface area contributed by atoms with Crippen molar-refractivity contribution in [3.8, 4) is 35.3 Å². The van der Waals surface area contributed by atoms with Crippen molar-refractivity contribution in [2.45, 2.75) is 126 Å². The zero-order valence-corrected chi connectivity index (χ0v) is 80.5. The van der Waals surface area contributed by atoms with Gasteiger partial charge in [0.2, 0.25) is 23.6 Å². The smallest absolute Gasteiger partial charge is 0.422 e. The van der Waals surface area contributed by atoms with Crippen LogP contribution in [0.3, 0.4) is 0 Å². The number of amides is 7. The summed E-state index contributed by atoms with van der Waals surface area (Å²) >= 11 is 0. The minimum Gasteiger partial charge on any atom is -0.489 e. The average molecular weight is 2010 g/mol. The lowest BCUT2D eigenvalue weighted by Gasteiger charge is -2.33. The summed E-state index contributed by atoms with van der Waals surface area (Å²) in [6, 6.07) is 39.5. The van der Waals surface area contributed by atoms with E-state index >= 15 is 0 Å². The summed E-state index contributed by atoms with van der Waals surface area (Å²) in [5, 5.41) is 20.4. The van der Waals surface area contributed by atoms with Gasteiger partial charge < -0.3 is 85.1 Å². The normalized spacial score (nSPS) is 16.4. The number of carbonyl (C=O) groups excluding carboxylic acids is 9. The molecule has 1 aliphatic carbocycles. The van der Waals surface area contributed by atoms with E-state index in [0.717, 1.165) is 29.5 Å². The minimum atomic E-state index is -4.58. The van der Waals surface area contributed by atoms with Gasteiger partial charge in [-0.25, -0.2) is 4.79 Å². The maximum absolute atomic E-state index is 13.3. The van der Waals surface area contributed by atoms with E-state index in [1.165, 1.54) is 21.6 Å². The summed E-state index contributed by atoms with van der Waals surface area (Å²) in [5.41, 5.74) is 5.28. The largest absolute Gasteiger partial charge is 0.489 e. The van der Waals surface area contributed by atoms with Crippen LogP contribution in [0.4, 0.5) is 57.4 Å². The monoisotopic (exact) mass is 2010 g/mol. The van der Waals surface area contributed by atoms with Gasteiger partial charge in [-0.05, 0) is 165 Å². The number of halogens is 9. The van der Waals surface area contributed by atoms with Crippen molar-refractivity contribution >= 4 is 70.9 Å². The molecule has 1 fully saturated rings. The van der Waals surface area contributed by atoms with Gasteiger partial charge in [-0.1, -0.05) is 134 Å². The molecule has 3 aromatic heterocycles. The third kappa shape index (κ3) is 36.9. The summed E-state index contributed by atoms with van der Waals surface area (Å²) in [6.45, 7) is 24.0. The van der Waals surface area contributed by atoms with Crippen LogP contribution >= 0.6 is 0 Å². The molecule has 9 aromatic rings. The molecule has 0 saturated heterocycles. The van der Waals surface area contributed by atoms with Gasteiger partial charge in [0.1, 0.15) is 54.5 Å². The number of alkyl halides is 9. The summed E-state index contributed by atoms with van der Waals surface area (Å²) in [6.07, 6.45) is -11.3. The first-order valence-corrected chi connectivity index (χ1v) is 45.7. The zero-order valence-electron chi connectivity index (χ0n) is 80.5. The molecule has 35 nitrogen and oxygen atoms in total. The first-order valence-electron chi connectivity index (χ1n) is 45.7. The van der Waals surface area contributed by atoms with Gasteiger partial charge in [-0.2, -0.15) is 84.4 Å². The van der Waals surface area contributed by atoms with E-state index in [0.29, 0.717) is 79.8 Å². The van der Waals surface area contributed by atoms with Gasteiger partial charge in [-0.3, -0.25) is 38.4 Å². The molecule has 1 saturated carbocycles. The molecule has 7 amide bonds. The van der Waals surface area contributed by atoms with Gasteiger partial charge >= 0.3 is 60.3 Å². The fourth-order valence-corrected chi connectivity index (χ4v) is 14.2. The highest BCUT2D eigenvalue weighted by molar-refractivity contribution is 6.35. The predicted octanol–water partition coefficient (Wildman–Crippen LogP) is 12.3. The van der Waals surface area contributed by atoms with Crippen LogP contribution in [0.1, 0.15) is 150 Å². The number of nitrogens with one attached hydrogen (secondary N) is 7. The second kappa shape index (κ2) is 49.3. The van der Waals surface area contributed by atoms with Gasteiger partial charge in [-0.15, -0.1) is 0 Å². The molecular formula is C100H112F9N19O16. The van der Waals surface area contributed by atoms with Crippen LogP contribution in [0, 0.1) is 22.2 Å². The summed E-state index contributed by atoms with van der Waals surface area (Å²) in [5.74, 6) is -2.97. The quantitative estimate of drug-likeness (QED) is 0.0289. The van der Waals surface area contributed by atoms with Gasteiger partial charge in [0, 0.05) is 128 Å². The second-order valence-corrected chi connectivity index (χ2v) is 37.0. The highest BCUT2D eigenvalue weighted by Gasteiger charge is 2.37. The number of hydrogen-bond donors (Lipinski definition) is 7. The molecule has 0 radical (unpaired) electrons. The molecule has 44 heteroatoms. The van der Waals surface area contributed by atoms with Crippen molar-refractivity contribution in [2.75, 3.05) is 128 Å². The van der Waals surface area contributed by atoms with E-state index in [2.05, 4.69) is 102 Å². The van der Waals surface area contributed by atoms with Crippen molar-refractivity contribution in [1.29, 1.82) is 0 Å². The number of nitrogens with zero attached hydrogens (tertiary/aromatic N) is 12. The van der Waals surface area contributed by atoms with E-state index in [-0.39, 0.29) is 177 Å². The Morgan fingerprint density at radius 1 is 0.403 bits per heavy atom. The Morgan fingerprint density at radius 2 is 0.688 bits per heavy atom. The van der Waals surface area contributed by atoms with Crippen LogP contribution in [0.15, 0.2) is 182 Å². The minimum absolute atomic E-state index is 0.0150. The van der Waals surface area contributed by atoms with E-state index in [9.17, 15) is 82.7 Å². The van der Waals surface area contributed by atoms with Crippen molar-refractivity contribution in [3.05, 3.63) is 250 Å². The van der Waals surface area contributed by atoms with Crippen molar-refractivity contribution in [1.82, 2.24) is 80.8 Å². The third-order valence-electron chi connectivity index (χ3n) is 21.6. The molecule has 12 aliphatic heterocycles. The molecule has 18 bridgehead atoms. The van der Waals surface area contributed by atoms with Crippen molar-refractivity contribution < 1.29 is 116 Å². The number of anilines is 3. The number of hydrogen-bond acceptors (Lipinski definition) is 28. The fraction of sp³-hybridized carbons (Fsp3) is 0.400. The van der Waals surface area contributed by atoms with E-state index in [4.69, 9.17) is 33.2 Å². The Bertz CT molecular complexity index is 6040. The Kier molecular flexibility index (Phi) is 37.3. The molecule has 0 atom stereocenters. The Labute approximate surface area is 824 Å². The number of ketones is 1. The molecule has 0 spiro atoms. The predicted molar refractivity (Wildman–Crippen MR) is 508 cm³/mol. The lowest BCUT2D eigenvalue weighted by molar-refractivity contribution is -0.160. The topological polar surface area (TPSA) is 428 Å². The molecular weight excluding hydrogens is 1890 g/mol. The average Bonchev–Trinajstić information content (AvgIpc) is 1.05. The first kappa shape index (κ1) is 109. The van der Waals surface area contributed by atoms with Crippen LogP contribution in [-0.4, -0.2) is 243 Å². The number of aromatic nitrogens is 9. The fourth-order valence-electron chi connectivity index (χ4n) is 14.2. The zero-order chi connectivity index (χ0) is 104. The number of carbonyl (C=O) groups is 9. The maximum atomic E-state index is 13.3. The number of Topliss-reactive ketones (excluding diaryl/α,β-unsaturated/α-hetero) is 1. The molecule has 22 rings (SSSR count). The van der Waals surface area contributed by atoms with Crippen LogP contribution < -0.4 is 65.6 Å². The van der Waals surface area contributed by atoms with Crippen LogP contribution in [0.25, 0.3) is 0 Å². The lowest BCUT2D eigenvalue weighted by atomic mass is 9.92. The number of rotatable bonds is 10. The molecule has 6 aromatic carbocycles. The van der Waals surface area contributed by atoms with Gasteiger partial charge in [0.15, 0.2) is 19.8 Å². The van der Waals surface area contributed by atoms with Crippen molar-refractivity contribution in [2.24, 2.45) is 22.2 Å². The van der Waals surface area contributed by atoms with E-state index in [1.54, 1.807) is 153 Å². The number of benzene rings is 6. The van der Waals surface area contributed by atoms with E-state index in [1.807, 2.05) is 41.5 Å². The Balaban J connectivity index is 0.000000206. The molecule has 13 aliphatic rings. The molecule has 15 heterocycles. The maximum Gasteiger partial charge on any atom is 0.422 e. The third-order valence-corrected chi connectivity index (χ3v) is 21.6. The summed E-state index contributed by atoms with van der Waals surface area (Å²) in [7, 11) is 0. The van der Waals surface area contributed by atoms with Gasteiger partial charge in [0.05, 0.1) is 6.61 Å². The summed E-state index contributed by atoms with van der Waals surface area (Å²) < 4.78 is 153. The SMILES string of the molecule is C=C1COc2ccc(cc2)CNc2nc(nc(OCC(F)(F)F)n2)Cc2ccc(cc2)C(=O)NCC(C)(C)CN(C(=O)C(=O)NCC2CC2)C1.C=C1COc2ccc(cc2)CNc2nc(nc(OCC(F)(F)F)n2)Cc2ccc(cc2)C(=O)NCC(C)(C)CN(C(=O)C(=O)OCC)C1.C=C1COc2ccc(cc2)CNc2nc(nc(OCC(F)(F)F)n2)Cc2ccc(cc2)C(=O)NCC(C)(C)CN(C(=O)C(C)=O)C1. The highest BCUT2D eigenvalue weighted by Crippen LogP contribution is 2.31. The number of esters is 1. The summed E-state index contributed by atoms with van der Waals surface area (Å²) in [4.78, 5) is 157. The highest BCUT2D eigenvalue weighted by atomic mass is 19.4. The first-order chi connectivity index (χ1) is 68.1. The standard InChI is InChI=1S/C35H40F3N7O5.C33H37F3N6O6.C32H35F3N6O5/c1-22-17-45(31(48)30(47)39-15-24-4-5-24)20-34(2,3)19-41-29(46)26-10-6-23(7-11-26)14-28-42-32(44-33(43-28)50-21-35(36,37)38)40-16-25-8-12-27(13-9-25)49-18-22;1-5-46-29(45)28(44)42-16-21(2)17-47-25-12-8-23(9-13-25)15-37-30-39-26(40-31(41-30)48-20-33(34,35)36)14-22-6-10-24(11-7-22)27(43)38-18-32(3,4)19-42;1-20-15-41(28(44)21(2)42)18-31(3,4)17-37-27(43)24-9-5-22(6-10-24)13-26-38-29(40-30(39-26)46-19-32(33,34)35)36-14-23-7-11-25(12-8-23)45-16-20/h6-13,24H,1,4-5,14-21H2,2-3H3,(H,39,47)(H,41,46)(H,40,42,43,44);6-13H,2,5,14-20H2,1,3-4H3,(H,38,43)(H,37,39,40,41);5-12H,1,13-19H2,2-4H3,(H,37,43)(H,36,38,39,40). The second-order valence-electron chi connectivity index (χ2n) is 37.0. The lowest BCUT2D eigenvalue weighted by Crippen LogP contribution is -2.50. The van der Waals surface area contributed by atoms with Crippen LogP contribution in [-0.2, 0) is 72.4 Å². The molecule has 766 valence electrons. The number of ether oxygens (including phenoxy) is 7. The molecule has 0 unspecified atom stereocenters. The van der Waals surface area contributed by atoms with E-state index < -0.39 is 108 Å².